The molecule has 3 rings (SSSR count). The van der Waals surface area contributed by atoms with Crippen molar-refractivity contribution in [3.8, 4) is 0 Å². The zero-order chi connectivity index (χ0) is 18.5. The number of rotatable bonds is 5. The van der Waals surface area contributed by atoms with Crippen LogP contribution in [0.25, 0.3) is 0 Å². The number of anilines is 1. The van der Waals surface area contributed by atoms with E-state index >= 15 is 0 Å². The number of amides is 2. The fourth-order valence-electron chi connectivity index (χ4n) is 2.50. The van der Waals surface area contributed by atoms with E-state index < -0.39 is 5.25 Å². The molecule has 2 aromatic carbocycles. The standard InChI is InChI=1S/C19H18FN3O2S/c1-12(13-5-3-2-4-6-13)21-19-23-18(25)16(26-19)11-17(24)22-15-9-7-14(20)8-10-15/h2-10,12,16H,11H2,1H3,(H,22,24)(H,21,23,25)/t12-,16+/m0/s1. The molecule has 5 nitrogen and oxygen atoms in total. The minimum Gasteiger partial charge on any atom is -0.326 e. The number of hydrogen-bond acceptors (Lipinski definition) is 4. The second-order valence-corrected chi connectivity index (χ2v) is 7.07. The zero-order valence-electron chi connectivity index (χ0n) is 14.1. The first-order valence-electron chi connectivity index (χ1n) is 8.17. The molecule has 2 atom stereocenters. The molecule has 0 saturated carbocycles. The lowest BCUT2D eigenvalue weighted by Crippen LogP contribution is -2.28. The lowest BCUT2D eigenvalue weighted by Gasteiger charge is -2.08. The molecule has 134 valence electrons. The van der Waals surface area contributed by atoms with Crippen LogP contribution in [0.4, 0.5) is 10.1 Å². The monoisotopic (exact) mass is 371 g/mol. The summed E-state index contributed by atoms with van der Waals surface area (Å²) in [5.41, 5.74) is 1.54. The summed E-state index contributed by atoms with van der Waals surface area (Å²) in [6.45, 7) is 1.95. The van der Waals surface area contributed by atoms with Gasteiger partial charge in [0.2, 0.25) is 11.8 Å². The number of hydrogen-bond donors (Lipinski definition) is 2. The van der Waals surface area contributed by atoms with Crippen LogP contribution in [0.2, 0.25) is 0 Å². The highest BCUT2D eigenvalue weighted by molar-refractivity contribution is 8.15. The Kier molecular flexibility index (Phi) is 5.68. The Morgan fingerprint density at radius 3 is 2.62 bits per heavy atom. The number of nitrogens with zero attached hydrogens (tertiary/aromatic N) is 1. The molecule has 0 bridgehead atoms. The lowest BCUT2D eigenvalue weighted by atomic mass is 10.1. The molecule has 0 aliphatic carbocycles. The highest BCUT2D eigenvalue weighted by atomic mass is 32.2. The van der Waals surface area contributed by atoms with E-state index in [0.29, 0.717) is 10.9 Å². The zero-order valence-corrected chi connectivity index (χ0v) is 14.9. The molecule has 2 N–H and O–H groups in total. The second kappa shape index (κ2) is 8.14. The van der Waals surface area contributed by atoms with Crippen LogP contribution >= 0.6 is 11.8 Å². The first kappa shape index (κ1) is 18.1. The van der Waals surface area contributed by atoms with E-state index in [1.807, 2.05) is 37.3 Å². The number of thioether (sulfide) groups is 1. The maximum Gasteiger partial charge on any atom is 0.240 e. The maximum atomic E-state index is 12.9. The van der Waals surface area contributed by atoms with Gasteiger partial charge in [-0.25, -0.2) is 4.39 Å². The first-order valence-corrected chi connectivity index (χ1v) is 9.05. The van der Waals surface area contributed by atoms with Gasteiger partial charge in [-0.3, -0.25) is 14.6 Å². The van der Waals surface area contributed by atoms with Gasteiger partial charge in [-0.05, 0) is 36.8 Å². The van der Waals surface area contributed by atoms with Crippen molar-refractivity contribution >= 4 is 34.4 Å². The van der Waals surface area contributed by atoms with E-state index in [2.05, 4.69) is 15.6 Å². The number of carbonyl (C=O) groups is 2. The Morgan fingerprint density at radius 2 is 1.92 bits per heavy atom. The van der Waals surface area contributed by atoms with Crippen molar-refractivity contribution in [2.75, 3.05) is 5.32 Å². The largest absolute Gasteiger partial charge is 0.326 e. The van der Waals surface area contributed by atoms with E-state index in [9.17, 15) is 14.0 Å². The molecule has 2 amide bonds. The van der Waals surface area contributed by atoms with Crippen LogP contribution in [-0.4, -0.2) is 22.2 Å². The highest BCUT2D eigenvalue weighted by Gasteiger charge is 2.32. The molecule has 0 spiro atoms. The fourth-order valence-corrected chi connectivity index (χ4v) is 3.54. The van der Waals surface area contributed by atoms with Crippen molar-refractivity contribution in [3.05, 3.63) is 66.0 Å². The maximum absolute atomic E-state index is 12.9. The number of amidine groups is 1. The van der Waals surface area contributed by atoms with Gasteiger partial charge in [0.25, 0.3) is 0 Å². The van der Waals surface area contributed by atoms with E-state index in [4.69, 9.17) is 0 Å². The third kappa shape index (κ3) is 4.70. The Labute approximate surface area is 155 Å². The summed E-state index contributed by atoms with van der Waals surface area (Å²) < 4.78 is 12.9. The second-order valence-electron chi connectivity index (χ2n) is 5.88. The molecule has 0 unspecified atom stereocenters. The van der Waals surface area contributed by atoms with Gasteiger partial charge in [-0.2, -0.15) is 0 Å². The smallest absolute Gasteiger partial charge is 0.240 e. The molecular weight excluding hydrogens is 353 g/mol. The topological polar surface area (TPSA) is 70.6 Å². The minimum atomic E-state index is -0.530. The molecule has 0 aromatic heterocycles. The molecule has 26 heavy (non-hydrogen) atoms. The molecule has 7 heteroatoms. The summed E-state index contributed by atoms with van der Waals surface area (Å²) in [7, 11) is 0. The van der Waals surface area contributed by atoms with Crippen molar-refractivity contribution in [2.45, 2.75) is 24.6 Å². The molecule has 2 aromatic rings. The van der Waals surface area contributed by atoms with Gasteiger partial charge in [0.05, 0.1) is 6.04 Å². The number of benzene rings is 2. The van der Waals surface area contributed by atoms with Crippen LogP contribution in [0.1, 0.15) is 24.9 Å². The predicted molar refractivity (Wildman–Crippen MR) is 101 cm³/mol. The summed E-state index contributed by atoms with van der Waals surface area (Å²) >= 11 is 1.25. The summed E-state index contributed by atoms with van der Waals surface area (Å²) in [6, 6.07) is 15.2. The third-order valence-corrected chi connectivity index (χ3v) is 4.96. The van der Waals surface area contributed by atoms with Crippen molar-refractivity contribution in [3.63, 3.8) is 0 Å². The molecule has 0 radical (unpaired) electrons. The summed E-state index contributed by atoms with van der Waals surface area (Å²) in [4.78, 5) is 28.7. The number of aliphatic imine (C=N–C) groups is 1. The highest BCUT2D eigenvalue weighted by Crippen LogP contribution is 2.26. The van der Waals surface area contributed by atoms with Crippen LogP contribution < -0.4 is 10.6 Å². The average Bonchev–Trinajstić information content (AvgIpc) is 2.96. The van der Waals surface area contributed by atoms with Gasteiger partial charge in [-0.1, -0.05) is 42.1 Å². The van der Waals surface area contributed by atoms with E-state index in [1.165, 1.54) is 36.0 Å². The van der Waals surface area contributed by atoms with Gasteiger partial charge in [0.1, 0.15) is 11.1 Å². The quantitative estimate of drug-likeness (QED) is 0.845. The van der Waals surface area contributed by atoms with E-state index in [1.54, 1.807) is 0 Å². The molecule has 1 heterocycles. The molecule has 1 fully saturated rings. The van der Waals surface area contributed by atoms with Gasteiger partial charge < -0.3 is 10.6 Å². The normalized spacial score (nSPS) is 19.2. The number of nitrogens with one attached hydrogen (secondary N) is 2. The Hall–Kier alpha value is -2.67. The van der Waals surface area contributed by atoms with Crippen molar-refractivity contribution in [1.82, 2.24) is 5.32 Å². The summed E-state index contributed by atoms with van der Waals surface area (Å²) in [5, 5.41) is 5.37. The van der Waals surface area contributed by atoms with Gasteiger partial charge in [0.15, 0.2) is 5.17 Å². The van der Waals surface area contributed by atoms with Crippen LogP contribution in [0.15, 0.2) is 59.6 Å². The van der Waals surface area contributed by atoms with Crippen LogP contribution in [-0.2, 0) is 9.59 Å². The molecule has 1 aliphatic rings. The molecule has 1 saturated heterocycles. The minimum absolute atomic E-state index is 0.0205. The van der Waals surface area contributed by atoms with Crippen LogP contribution in [0, 0.1) is 5.82 Å². The predicted octanol–water partition coefficient (Wildman–Crippen LogP) is 3.50. The van der Waals surface area contributed by atoms with Gasteiger partial charge in [-0.15, -0.1) is 0 Å². The van der Waals surface area contributed by atoms with E-state index in [-0.39, 0.29) is 30.1 Å². The summed E-state index contributed by atoms with van der Waals surface area (Å²) in [6.07, 6.45) is 0.0205. The summed E-state index contributed by atoms with van der Waals surface area (Å²) in [5.74, 6) is -0.910. The van der Waals surface area contributed by atoms with Crippen molar-refractivity contribution in [1.29, 1.82) is 0 Å². The number of halogens is 1. The molecule has 1 aliphatic heterocycles. The van der Waals surface area contributed by atoms with Crippen molar-refractivity contribution in [2.24, 2.45) is 4.99 Å². The lowest BCUT2D eigenvalue weighted by molar-refractivity contribution is -0.122. The Balaban J connectivity index is 1.58. The van der Waals surface area contributed by atoms with Crippen LogP contribution in [0.3, 0.4) is 0 Å². The third-order valence-electron chi connectivity index (χ3n) is 3.87. The Morgan fingerprint density at radius 1 is 1.23 bits per heavy atom. The van der Waals surface area contributed by atoms with Gasteiger partial charge >= 0.3 is 0 Å². The Bertz CT molecular complexity index is 824. The molecular formula is C19H18FN3O2S. The van der Waals surface area contributed by atoms with Crippen molar-refractivity contribution < 1.29 is 14.0 Å². The average molecular weight is 371 g/mol. The van der Waals surface area contributed by atoms with Crippen LogP contribution in [0.5, 0.6) is 0 Å². The van der Waals surface area contributed by atoms with E-state index in [0.717, 1.165) is 5.56 Å². The number of carbonyl (C=O) groups excluding carboxylic acids is 2. The fraction of sp³-hybridized carbons (Fsp3) is 0.211. The van der Waals surface area contributed by atoms with Gasteiger partial charge in [0, 0.05) is 12.1 Å². The SMILES string of the molecule is C[C@H](N=C1NC(=O)[C@@H](CC(=O)Nc2ccc(F)cc2)S1)c1ccccc1. The first-order chi connectivity index (χ1) is 12.5.